The van der Waals surface area contributed by atoms with Gasteiger partial charge in [0.05, 0.1) is 17.2 Å². The molecule has 1 unspecified atom stereocenters. The Morgan fingerprint density at radius 2 is 2.03 bits per heavy atom. The smallest absolute Gasteiger partial charge is 0.102 e. The molecule has 31 heavy (non-hydrogen) atoms. The van der Waals surface area contributed by atoms with Gasteiger partial charge >= 0.3 is 0 Å². The van der Waals surface area contributed by atoms with Crippen LogP contribution in [0.1, 0.15) is 28.5 Å². The van der Waals surface area contributed by atoms with Gasteiger partial charge in [0, 0.05) is 53.7 Å². The second kappa shape index (κ2) is 8.46. The third kappa shape index (κ3) is 3.99. The second-order valence-corrected chi connectivity index (χ2v) is 9.68. The molecule has 2 aliphatic rings. The van der Waals surface area contributed by atoms with Crippen molar-refractivity contribution in [3.8, 4) is 0 Å². The van der Waals surface area contributed by atoms with E-state index in [1.807, 2.05) is 42.6 Å². The average molecular weight is 433 g/mol. The van der Waals surface area contributed by atoms with Gasteiger partial charge in [-0.05, 0) is 44.2 Å². The molecule has 0 amide bonds. The lowest BCUT2D eigenvalue weighted by molar-refractivity contribution is 0.0736. The van der Waals surface area contributed by atoms with Crippen molar-refractivity contribution in [2.75, 3.05) is 32.0 Å². The molecule has 2 aliphatic heterocycles. The quantitative estimate of drug-likeness (QED) is 0.664. The minimum Gasteiger partial charge on any atom is -0.388 e. The van der Waals surface area contributed by atoms with Crippen LogP contribution in [0.4, 0.5) is 5.00 Å². The van der Waals surface area contributed by atoms with Crippen LogP contribution in [0, 0.1) is 6.92 Å². The molecule has 3 aromatic rings. The number of likely N-dealkylation sites (N-methyl/N-ethyl adjacent to an activating group) is 1. The molecular formula is C25H28N4OS. The van der Waals surface area contributed by atoms with E-state index in [2.05, 4.69) is 47.4 Å². The standard InChI is InChI=1S/C25H28N4OS/c1-17-13-21-24(23-19(9-6-10-26-23)15-27-25(21)31-17)29-12-11-28(2)20(16-29)14-22(30)18-7-4-3-5-8-18/h3-10,13,15,20,22,27,30H,11-12,14,16H2,1-2H3/t20?,22-/m0/s1. The molecule has 0 aliphatic carbocycles. The number of aromatic nitrogens is 1. The van der Waals surface area contributed by atoms with Crippen LogP contribution in [0.3, 0.4) is 0 Å². The van der Waals surface area contributed by atoms with Crippen molar-refractivity contribution in [1.29, 1.82) is 0 Å². The molecule has 1 saturated heterocycles. The Morgan fingerprint density at radius 1 is 1.19 bits per heavy atom. The number of fused-ring (bicyclic) bond motifs is 2. The summed E-state index contributed by atoms with van der Waals surface area (Å²) in [6.45, 7) is 4.91. The van der Waals surface area contributed by atoms with Crippen molar-refractivity contribution in [3.63, 3.8) is 0 Å². The zero-order valence-corrected chi connectivity index (χ0v) is 18.8. The monoisotopic (exact) mass is 432 g/mol. The minimum atomic E-state index is -0.466. The fraction of sp³-hybridized carbons (Fsp3) is 0.320. The van der Waals surface area contributed by atoms with Gasteiger partial charge in [-0.25, -0.2) is 0 Å². The van der Waals surface area contributed by atoms with Crippen LogP contribution < -0.4 is 15.9 Å². The van der Waals surface area contributed by atoms with E-state index in [0.717, 1.165) is 35.8 Å². The van der Waals surface area contributed by atoms with E-state index in [4.69, 9.17) is 4.98 Å². The number of benzene rings is 1. The van der Waals surface area contributed by atoms with Crippen LogP contribution in [-0.4, -0.2) is 52.6 Å². The minimum absolute atomic E-state index is 0.256. The van der Waals surface area contributed by atoms with Crippen molar-refractivity contribution in [1.82, 2.24) is 14.8 Å². The van der Waals surface area contributed by atoms with E-state index < -0.39 is 6.10 Å². The zero-order valence-electron chi connectivity index (χ0n) is 18.0. The summed E-state index contributed by atoms with van der Waals surface area (Å²) < 4.78 is 0. The second-order valence-electron chi connectivity index (χ2n) is 8.42. The lowest BCUT2D eigenvalue weighted by atomic mass is 9.98. The molecule has 0 radical (unpaired) electrons. The van der Waals surface area contributed by atoms with Crippen LogP contribution in [0.15, 0.2) is 54.7 Å². The largest absolute Gasteiger partial charge is 0.388 e. The summed E-state index contributed by atoms with van der Waals surface area (Å²) in [6.07, 6.45) is 4.19. The number of nitrogens with zero attached hydrogens (tertiary/aromatic N) is 3. The molecule has 6 heteroatoms. The van der Waals surface area contributed by atoms with Crippen molar-refractivity contribution < 1.29 is 5.11 Å². The highest BCUT2D eigenvalue weighted by molar-refractivity contribution is 7.16. The maximum absolute atomic E-state index is 10.9. The third-order valence-electron chi connectivity index (χ3n) is 6.31. The van der Waals surface area contributed by atoms with Crippen LogP contribution in [0.2, 0.25) is 0 Å². The van der Waals surface area contributed by atoms with Gasteiger partial charge in [-0.3, -0.25) is 9.88 Å². The summed E-state index contributed by atoms with van der Waals surface area (Å²) >= 11 is 1.78. The predicted octanol–water partition coefficient (Wildman–Crippen LogP) is 2.51. The van der Waals surface area contributed by atoms with Gasteiger partial charge in [0.2, 0.25) is 0 Å². The van der Waals surface area contributed by atoms with Crippen molar-refractivity contribution in [2.24, 2.45) is 0 Å². The van der Waals surface area contributed by atoms with E-state index in [-0.39, 0.29) is 6.04 Å². The number of piperazine rings is 1. The summed E-state index contributed by atoms with van der Waals surface area (Å²) in [6, 6.07) is 16.6. The molecule has 2 atom stereocenters. The first kappa shape index (κ1) is 20.2. The Labute approximate surface area is 187 Å². The first-order valence-corrected chi connectivity index (χ1v) is 11.6. The Kier molecular flexibility index (Phi) is 5.52. The van der Waals surface area contributed by atoms with Gasteiger partial charge < -0.3 is 15.3 Å². The normalized spacial score (nSPS) is 19.6. The Balaban J connectivity index is 1.51. The maximum Gasteiger partial charge on any atom is 0.102 e. The van der Waals surface area contributed by atoms with Crippen molar-refractivity contribution >= 4 is 28.2 Å². The van der Waals surface area contributed by atoms with E-state index in [1.54, 1.807) is 11.3 Å². The lowest BCUT2D eigenvalue weighted by Crippen LogP contribution is -2.52. The Bertz CT molecular complexity index is 1190. The molecule has 160 valence electrons. The summed E-state index contributed by atoms with van der Waals surface area (Å²) in [7, 11) is 2.17. The van der Waals surface area contributed by atoms with E-state index >= 15 is 0 Å². The number of aliphatic hydroxyl groups is 1. The molecule has 0 spiro atoms. The highest BCUT2D eigenvalue weighted by atomic mass is 32.1. The highest BCUT2D eigenvalue weighted by Gasteiger charge is 2.30. The fourth-order valence-corrected chi connectivity index (χ4v) is 5.48. The number of anilines is 1. The van der Waals surface area contributed by atoms with E-state index in [0.29, 0.717) is 6.42 Å². The van der Waals surface area contributed by atoms with Gasteiger partial charge in [0.25, 0.3) is 0 Å². The van der Waals surface area contributed by atoms with E-state index in [9.17, 15) is 5.11 Å². The molecule has 0 bridgehead atoms. The number of hydrogen-bond donors (Lipinski definition) is 2. The average Bonchev–Trinajstić information content (AvgIpc) is 3.08. The summed E-state index contributed by atoms with van der Waals surface area (Å²) in [5, 5.41) is 17.7. The van der Waals surface area contributed by atoms with Crippen LogP contribution >= 0.6 is 11.3 Å². The van der Waals surface area contributed by atoms with Gasteiger partial charge in [-0.1, -0.05) is 30.3 Å². The lowest BCUT2D eigenvalue weighted by Gasteiger charge is -2.42. The molecule has 4 heterocycles. The molecule has 1 aromatic carbocycles. The SMILES string of the molecule is Cc1cc2c(s1)NC=c1cccnc1=C2N1CCN(C)C(C[C@H](O)c2ccccc2)C1. The van der Waals surface area contributed by atoms with E-state index in [1.165, 1.54) is 21.1 Å². The van der Waals surface area contributed by atoms with Crippen molar-refractivity contribution in [2.45, 2.75) is 25.5 Å². The highest BCUT2D eigenvalue weighted by Crippen LogP contribution is 2.35. The number of thiophene rings is 1. The number of aliphatic hydroxyl groups excluding tert-OH is 1. The molecule has 5 nitrogen and oxygen atoms in total. The van der Waals surface area contributed by atoms with Crippen molar-refractivity contribution in [3.05, 3.63) is 81.3 Å². The summed E-state index contributed by atoms with van der Waals surface area (Å²) in [4.78, 5) is 10.9. The van der Waals surface area contributed by atoms with Gasteiger partial charge in [-0.15, -0.1) is 11.3 Å². The van der Waals surface area contributed by atoms with Gasteiger partial charge in [0.15, 0.2) is 0 Å². The molecule has 2 aromatic heterocycles. The Morgan fingerprint density at radius 3 is 2.87 bits per heavy atom. The molecular weight excluding hydrogens is 404 g/mol. The van der Waals surface area contributed by atoms with Crippen LogP contribution in [0.5, 0.6) is 0 Å². The van der Waals surface area contributed by atoms with Gasteiger partial charge in [0.1, 0.15) is 5.00 Å². The zero-order chi connectivity index (χ0) is 21.4. The summed E-state index contributed by atoms with van der Waals surface area (Å²) in [5.41, 5.74) is 3.41. The number of nitrogens with one attached hydrogen (secondary N) is 1. The number of pyridine rings is 1. The van der Waals surface area contributed by atoms with Crippen LogP contribution in [-0.2, 0) is 0 Å². The number of rotatable bonds is 4. The topological polar surface area (TPSA) is 51.6 Å². The molecule has 0 saturated carbocycles. The fourth-order valence-electron chi connectivity index (χ4n) is 4.59. The molecule has 1 fully saturated rings. The predicted molar refractivity (Wildman–Crippen MR) is 127 cm³/mol. The third-order valence-corrected chi connectivity index (χ3v) is 7.29. The molecule has 2 N–H and O–H groups in total. The van der Waals surface area contributed by atoms with Crippen LogP contribution in [0.25, 0.3) is 11.9 Å². The maximum atomic E-state index is 10.9. The first-order valence-electron chi connectivity index (χ1n) is 10.8. The molecule has 5 rings (SSSR count). The number of aryl methyl sites for hydroxylation is 1. The van der Waals surface area contributed by atoms with Gasteiger partial charge in [-0.2, -0.15) is 0 Å². The Hall–Kier alpha value is -2.67. The number of hydrogen-bond acceptors (Lipinski definition) is 6. The first-order chi connectivity index (χ1) is 15.1. The summed E-state index contributed by atoms with van der Waals surface area (Å²) in [5.74, 6) is 0.